The molecule has 0 aliphatic carbocycles. The van der Waals surface area contributed by atoms with Crippen molar-refractivity contribution in [2.45, 2.75) is 12.8 Å². The van der Waals surface area contributed by atoms with Crippen molar-refractivity contribution in [3.63, 3.8) is 0 Å². The molecule has 0 aromatic rings. The summed E-state index contributed by atoms with van der Waals surface area (Å²) in [5.41, 5.74) is 0. The lowest BCUT2D eigenvalue weighted by Gasteiger charge is -2.06. The Bertz CT molecular complexity index is 144. The van der Waals surface area contributed by atoms with Crippen LogP contribution in [-0.4, -0.2) is 17.6 Å². The highest BCUT2D eigenvalue weighted by atomic mass is 16.4. The zero-order chi connectivity index (χ0) is 7.40. The van der Waals surface area contributed by atoms with Crippen molar-refractivity contribution in [3.8, 4) is 0 Å². The van der Waals surface area contributed by atoms with Gasteiger partial charge in [-0.25, -0.2) is 0 Å². The van der Waals surface area contributed by atoms with Gasteiger partial charge in [0.1, 0.15) is 0 Å². The molecule has 0 saturated carbocycles. The summed E-state index contributed by atoms with van der Waals surface area (Å²) in [7, 11) is 0. The van der Waals surface area contributed by atoms with E-state index >= 15 is 0 Å². The quantitative estimate of drug-likeness (QED) is 0.561. The maximum Gasteiger partial charge on any atom is 0.308 e. The lowest BCUT2D eigenvalue weighted by atomic mass is 10.1. The number of nitrogens with one attached hydrogen (secondary N) is 1. The first-order valence-electron chi connectivity index (χ1n) is 3.42. The number of carbonyl (C=O) groups is 1. The molecule has 1 aliphatic rings. The number of carboxylic acid groups (broad SMARTS) is 1. The van der Waals surface area contributed by atoms with E-state index in [0.29, 0.717) is 6.54 Å². The number of allylic oxidation sites excluding steroid dienone is 1. The van der Waals surface area contributed by atoms with Gasteiger partial charge in [-0.1, -0.05) is 6.08 Å². The Balaban J connectivity index is 2.41. The van der Waals surface area contributed by atoms with Crippen LogP contribution in [0.25, 0.3) is 0 Å². The molecule has 1 atom stereocenters. The summed E-state index contributed by atoms with van der Waals surface area (Å²) in [6.07, 6.45) is 5.40. The van der Waals surface area contributed by atoms with Crippen molar-refractivity contribution in [1.29, 1.82) is 0 Å². The van der Waals surface area contributed by atoms with E-state index in [4.69, 9.17) is 5.11 Å². The van der Waals surface area contributed by atoms with Crippen molar-refractivity contribution < 1.29 is 9.90 Å². The summed E-state index contributed by atoms with van der Waals surface area (Å²) < 4.78 is 0. The molecule has 1 aliphatic heterocycles. The van der Waals surface area contributed by atoms with Crippen LogP contribution in [0.5, 0.6) is 0 Å². The third-order valence-corrected chi connectivity index (χ3v) is 1.63. The fraction of sp³-hybridized carbons (Fsp3) is 0.571. The smallest absolute Gasteiger partial charge is 0.308 e. The second-order valence-corrected chi connectivity index (χ2v) is 2.42. The summed E-state index contributed by atoms with van der Waals surface area (Å²) in [4.78, 5) is 10.4. The van der Waals surface area contributed by atoms with E-state index < -0.39 is 5.97 Å². The van der Waals surface area contributed by atoms with E-state index in [0.717, 1.165) is 12.8 Å². The number of hydrogen-bond donors (Lipinski definition) is 2. The summed E-state index contributed by atoms with van der Waals surface area (Å²) >= 11 is 0. The molecule has 3 nitrogen and oxygen atoms in total. The Morgan fingerprint density at radius 1 is 1.70 bits per heavy atom. The molecule has 0 saturated heterocycles. The first-order chi connectivity index (χ1) is 4.80. The Labute approximate surface area is 59.7 Å². The normalized spacial score (nSPS) is 25.0. The minimum Gasteiger partial charge on any atom is -0.481 e. The molecule has 3 heteroatoms. The molecule has 0 aromatic carbocycles. The van der Waals surface area contributed by atoms with E-state index in [1.807, 2.05) is 12.3 Å². The molecule has 0 fully saturated rings. The van der Waals surface area contributed by atoms with Gasteiger partial charge < -0.3 is 10.4 Å². The average molecular weight is 141 g/mol. The molecular weight excluding hydrogens is 130 g/mol. The average Bonchev–Trinajstić information content (AvgIpc) is 2.12. The SMILES string of the molecule is O=C(O)C1CCC=CNC1. The van der Waals surface area contributed by atoms with Crippen molar-refractivity contribution in [3.05, 3.63) is 12.3 Å². The van der Waals surface area contributed by atoms with Gasteiger partial charge in [0.2, 0.25) is 0 Å². The van der Waals surface area contributed by atoms with Gasteiger partial charge in [-0.15, -0.1) is 0 Å². The lowest BCUT2D eigenvalue weighted by Crippen LogP contribution is -2.23. The molecule has 0 bridgehead atoms. The van der Waals surface area contributed by atoms with Crippen LogP contribution in [0.1, 0.15) is 12.8 Å². The predicted octanol–water partition coefficient (Wildman–Crippen LogP) is 0.584. The second kappa shape index (κ2) is 3.25. The molecule has 1 heterocycles. The summed E-state index contributed by atoms with van der Waals surface area (Å²) in [6, 6.07) is 0. The van der Waals surface area contributed by atoms with Crippen molar-refractivity contribution in [2.75, 3.05) is 6.54 Å². The van der Waals surface area contributed by atoms with Gasteiger partial charge >= 0.3 is 5.97 Å². The summed E-state index contributed by atoms with van der Waals surface area (Å²) in [5, 5.41) is 11.5. The van der Waals surface area contributed by atoms with E-state index in [2.05, 4.69) is 5.32 Å². The van der Waals surface area contributed by atoms with Crippen LogP contribution >= 0.6 is 0 Å². The van der Waals surface area contributed by atoms with E-state index in [1.54, 1.807) is 0 Å². The molecule has 0 spiro atoms. The minimum absolute atomic E-state index is 0.213. The fourth-order valence-corrected chi connectivity index (χ4v) is 0.987. The largest absolute Gasteiger partial charge is 0.481 e. The Morgan fingerprint density at radius 2 is 2.50 bits per heavy atom. The highest BCUT2D eigenvalue weighted by Gasteiger charge is 2.16. The molecule has 1 unspecified atom stereocenters. The van der Waals surface area contributed by atoms with Gasteiger partial charge in [-0.05, 0) is 19.0 Å². The first-order valence-corrected chi connectivity index (χ1v) is 3.42. The van der Waals surface area contributed by atoms with Crippen LogP contribution < -0.4 is 5.32 Å². The van der Waals surface area contributed by atoms with Gasteiger partial charge in [0.25, 0.3) is 0 Å². The fourth-order valence-electron chi connectivity index (χ4n) is 0.987. The standard InChI is InChI=1S/C7H11NO2/c9-7(10)6-3-1-2-4-8-5-6/h2,4,6,8H,1,3,5H2,(H,9,10). The summed E-state index contributed by atoms with van der Waals surface area (Å²) in [5.74, 6) is -0.911. The number of aliphatic carboxylic acids is 1. The third-order valence-electron chi connectivity index (χ3n) is 1.63. The van der Waals surface area contributed by atoms with Gasteiger partial charge in [0.15, 0.2) is 0 Å². The molecule has 2 N–H and O–H groups in total. The monoisotopic (exact) mass is 141 g/mol. The predicted molar refractivity (Wildman–Crippen MR) is 37.5 cm³/mol. The third kappa shape index (κ3) is 1.76. The van der Waals surface area contributed by atoms with Crippen LogP contribution in [0.4, 0.5) is 0 Å². The molecular formula is C7H11NO2. The van der Waals surface area contributed by atoms with E-state index in [9.17, 15) is 4.79 Å². The summed E-state index contributed by atoms with van der Waals surface area (Å²) in [6.45, 7) is 0.561. The molecule has 56 valence electrons. The highest BCUT2D eigenvalue weighted by Crippen LogP contribution is 2.08. The Hall–Kier alpha value is -0.990. The highest BCUT2D eigenvalue weighted by molar-refractivity contribution is 5.70. The Kier molecular flexibility index (Phi) is 2.31. The molecule has 0 radical (unpaired) electrons. The Morgan fingerprint density at radius 3 is 3.20 bits per heavy atom. The van der Waals surface area contributed by atoms with E-state index in [1.165, 1.54) is 0 Å². The molecule has 10 heavy (non-hydrogen) atoms. The van der Waals surface area contributed by atoms with Crippen LogP contribution in [0, 0.1) is 5.92 Å². The van der Waals surface area contributed by atoms with Crippen LogP contribution in [0.2, 0.25) is 0 Å². The lowest BCUT2D eigenvalue weighted by molar-refractivity contribution is -0.141. The maximum atomic E-state index is 10.4. The van der Waals surface area contributed by atoms with Gasteiger partial charge in [-0.2, -0.15) is 0 Å². The molecule has 0 aromatic heterocycles. The van der Waals surface area contributed by atoms with Crippen molar-refractivity contribution in [1.82, 2.24) is 5.32 Å². The van der Waals surface area contributed by atoms with Crippen LogP contribution in [0.15, 0.2) is 12.3 Å². The second-order valence-electron chi connectivity index (χ2n) is 2.42. The van der Waals surface area contributed by atoms with Crippen molar-refractivity contribution >= 4 is 5.97 Å². The minimum atomic E-state index is -0.698. The van der Waals surface area contributed by atoms with Crippen LogP contribution in [0.3, 0.4) is 0 Å². The zero-order valence-electron chi connectivity index (χ0n) is 5.71. The van der Waals surface area contributed by atoms with E-state index in [-0.39, 0.29) is 5.92 Å². The molecule has 0 amide bonds. The van der Waals surface area contributed by atoms with Gasteiger partial charge in [0, 0.05) is 6.54 Å². The topological polar surface area (TPSA) is 49.3 Å². The number of rotatable bonds is 1. The number of carboxylic acids is 1. The van der Waals surface area contributed by atoms with Gasteiger partial charge in [-0.3, -0.25) is 4.79 Å². The first kappa shape index (κ1) is 7.12. The van der Waals surface area contributed by atoms with Crippen molar-refractivity contribution in [2.24, 2.45) is 5.92 Å². The van der Waals surface area contributed by atoms with Crippen LogP contribution in [-0.2, 0) is 4.79 Å². The maximum absolute atomic E-state index is 10.4. The molecule has 1 rings (SSSR count). The van der Waals surface area contributed by atoms with Gasteiger partial charge in [0.05, 0.1) is 5.92 Å². The number of hydrogen-bond acceptors (Lipinski definition) is 2. The zero-order valence-corrected chi connectivity index (χ0v) is 5.71.